The van der Waals surface area contributed by atoms with E-state index in [0.717, 1.165) is 24.8 Å². The van der Waals surface area contributed by atoms with E-state index in [2.05, 4.69) is 10.3 Å². The highest BCUT2D eigenvalue weighted by Gasteiger charge is 2.27. The second-order valence-electron chi connectivity index (χ2n) is 7.56. The van der Waals surface area contributed by atoms with Crippen LogP contribution in [-0.2, 0) is 10.0 Å². The van der Waals surface area contributed by atoms with Gasteiger partial charge in [-0.05, 0) is 48.7 Å². The molecule has 1 fully saturated rings. The highest BCUT2D eigenvalue weighted by Crippen LogP contribution is 2.23. The van der Waals surface area contributed by atoms with Crippen molar-refractivity contribution >= 4 is 15.9 Å². The third-order valence-electron chi connectivity index (χ3n) is 5.44. The molecule has 0 bridgehead atoms. The van der Waals surface area contributed by atoms with E-state index in [1.807, 2.05) is 48.5 Å². The fourth-order valence-corrected chi connectivity index (χ4v) is 5.35. The summed E-state index contributed by atoms with van der Waals surface area (Å²) in [6.07, 6.45) is 4.45. The summed E-state index contributed by atoms with van der Waals surface area (Å²) in [7, 11) is -3.61. The minimum Gasteiger partial charge on any atom is -0.340 e. The molecule has 160 valence electrons. The van der Waals surface area contributed by atoms with Gasteiger partial charge in [-0.25, -0.2) is 8.42 Å². The van der Waals surface area contributed by atoms with Gasteiger partial charge in [0, 0.05) is 24.8 Å². The molecule has 0 radical (unpaired) electrons. The van der Waals surface area contributed by atoms with Crippen LogP contribution in [0, 0.1) is 0 Å². The number of nitrogens with one attached hydrogen (secondary N) is 1. The fraction of sp³-hybridized carbons (Fsp3) is 0.250. The van der Waals surface area contributed by atoms with Gasteiger partial charge in [-0.1, -0.05) is 48.9 Å². The number of aromatic nitrogens is 1. The third kappa shape index (κ3) is 4.84. The Morgan fingerprint density at radius 2 is 1.65 bits per heavy atom. The Hall–Kier alpha value is -3.03. The van der Waals surface area contributed by atoms with Gasteiger partial charge in [0.15, 0.2) is 0 Å². The van der Waals surface area contributed by atoms with Gasteiger partial charge in [0.05, 0.1) is 16.6 Å². The molecule has 3 aromatic rings. The van der Waals surface area contributed by atoms with Crippen LogP contribution in [0.3, 0.4) is 0 Å². The van der Waals surface area contributed by atoms with Crippen LogP contribution in [0.2, 0.25) is 0 Å². The quantitative estimate of drug-likeness (QED) is 0.639. The van der Waals surface area contributed by atoms with Crippen LogP contribution in [0.5, 0.6) is 0 Å². The first-order chi connectivity index (χ1) is 15.1. The zero-order valence-corrected chi connectivity index (χ0v) is 18.0. The van der Waals surface area contributed by atoms with Gasteiger partial charge < -0.3 is 5.32 Å². The van der Waals surface area contributed by atoms with Gasteiger partial charge in [-0.2, -0.15) is 4.31 Å². The van der Waals surface area contributed by atoms with Gasteiger partial charge in [-0.3, -0.25) is 9.78 Å². The van der Waals surface area contributed by atoms with E-state index in [-0.39, 0.29) is 10.8 Å². The smallest absolute Gasteiger partial charge is 0.252 e. The summed E-state index contributed by atoms with van der Waals surface area (Å²) in [4.78, 5) is 17.7. The molecular formula is C24H25N3O3S. The molecule has 1 atom stereocenters. The largest absolute Gasteiger partial charge is 0.340 e. The van der Waals surface area contributed by atoms with Crippen molar-refractivity contribution in [2.75, 3.05) is 13.1 Å². The van der Waals surface area contributed by atoms with Gasteiger partial charge in [0.1, 0.15) is 0 Å². The molecule has 1 aliphatic rings. The van der Waals surface area contributed by atoms with E-state index in [4.69, 9.17) is 0 Å². The predicted octanol–water partition coefficient (Wildman–Crippen LogP) is 3.78. The Bertz CT molecular complexity index is 1090. The van der Waals surface area contributed by atoms with Crippen molar-refractivity contribution in [3.05, 3.63) is 95.8 Å². The summed E-state index contributed by atoms with van der Waals surface area (Å²) in [5.74, 6) is -0.352. The number of sulfonamides is 1. The van der Waals surface area contributed by atoms with E-state index < -0.39 is 16.1 Å². The number of carbonyl (C=O) groups excluding carboxylic acids is 1. The molecule has 31 heavy (non-hydrogen) atoms. The topological polar surface area (TPSA) is 79.4 Å². The second-order valence-corrected chi connectivity index (χ2v) is 9.50. The van der Waals surface area contributed by atoms with Crippen molar-refractivity contribution in [3.63, 3.8) is 0 Å². The molecule has 1 aromatic heterocycles. The number of piperidine rings is 1. The molecule has 2 heterocycles. The van der Waals surface area contributed by atoms with Crippen LogP contribution in [0.4, 0.5) is 0 Å². The number of rotatable bonds is 6. The zero-order chi connectivity index (χ0) is 21.7. The summed E-state index contributed by atoms with van der Waals surface area (Å²) in [6.45, 7) is 1.04. The Balaban J connectivity index is 1.61. The van der Waals surface area contributed by atoms with Crippen molar-refractivity contribution in [2.24, 2.45) is 0 Å². The lowest BCUT2D eigenvalue weighted by atomic mass is 10.0. The Labute approximate surface area is 183 Å². The summed E-state index contributed by atoms with van der Waals surface area (Å²) in [5, 5.41) is 3.01. The molecule has 0 aliphatic carbocycles. The van der Waals surface area contributed by atoms with Crippen LogP contribution >= 0.6 is 0 Å². The Morgan fingerprint density at radius 1 is 0.903 bits per heavy atom. The maximum Gasteiger partial charge on any atom is 0.252 e. The minimum atomic E-state index is -3.61. The average molecular weight is 436 g/mol. The second kappa shape index (κ2) is 9.41. The number of benzene rings is 2. The molecule has 1 unspecified atom stereocenters. The van der Waals surface area contributed by atoms with Gasteiger partial charge >= 0.3 is 0 Å². The lowest BCUT2D eigenvalue weighted by Crippen LogP contribution is -2.35. The molecule has 4 rings (SSSR count). The van der Waals surface area contributed by atoms with E-state index >= 15 is 0 Å². The molecule has 1 amide bonds. The number of hydrogen-bond acceptors (Lipinski definition) is 4. The SMILES string of the molecule is O=C(NC(c1ccccc1)c1ccccn1)c1cccc(S(=O)(=O)N2CCCCC2)c1. The molecule has 2 aromatic carbocycles. The Morgan fingerprint density at radius 3 is 2.35 bits per heavy atom. The molecule has 1 N–H and O–H groups in total. The maximum atomic E-state index is 13.1. The highest BCUT2D eigenvalue weighted by atomic mass is 32.2. The molecular weight excluding hydrogens is 410 g/mol. The summed E-state index contributed by atoms with van der Waals surface area (Å²) >= 11 is 0. The number of nitrogens with zero attached hydrogens (tertiary/aromatic N) is 2. The first-order valence-electron chi connectivity index (χ1n) is 10.4. The number of carbonyl (C=O) groups is 1. The number of pyridine rings is 1. The van der Waals surface area contributed by atoms with Crippen LogP contribution in [-0.4, -0.2) is 36.7 Å². The van der Waals surface area contributed by atoms with Crippen LogP contribution in [0.25, 0.3) is 0 Å². The average Bonchev–Trinajstić information content (AvgIpc) is 2.84. The molecule has 1 aliphatic heterocycles. The molecule has 6 nitrogen and oxygen atoms in total. The van der Waals surface area contributed by atoms with Gasteiger partial charge in [0.2, 0.25) is 10.0 Å². The van der Waals surface area contributed by atoms with E-state index in [1.165, 1.54) is 10.4 Å². The van der Waals surface area contributed by atoms with Crippen LogP contribution in [0.1, 0.15) is 46.9 Å². The first kappa shape index (κ1) is 21.2. The monoisotopic (exact) mass is 435 g/mol. The van der Waals surface area contributed by atoms with E-state index in [9.17, 15) is 13.2 Å². The van der Waals surface area contributed by atoms with Gasteiger partial charge in [0.25, 0.3) is 5.91 Å². The van der Waals surface area contributed by atoms with E-state index in [1.54, 1.807) is 24.4 Å². The predicted molar refractivity (Wildman–Crippen MR) is 119 cm³/mol. The lowest BCUT2D eigenvalue weighted by molar-refractivity contribution is 0.0942. The number of hydrogen-bond donors (Lipinski definition) is 1. The normalized spacial score (nSPS) is 15.9. The molecule has 0 spiro atoms. The van der Waals surface area contributed by atoms with Crippen LogP contribution < -0.4 is 5.32 Å². The highest BCUT2D eigenvalue weighted by molar-refractivity contribution is 7.89. The fourth-order valence-electron chi connectivity index (χ4n) is 3.79. The minimum absolute atomic E-state index is 0.149. The lowest BCUT2D eigenvalue weighted by Gasteiger charge is -2.26. The standard InChI is InChI=1S/C24H25N3O3S/c28-24(26-23(19-10-3-1-4-11-19)22-14-5-6-15-25-22)20-12-9-13-21(18-20)31(29,30)27-16-7-2-8-17-27/h1,3-6,9-15,18,23H,2,7-8,16-17H2,(H,26,28). The molecule has 0 saturated carbocycles. The number of amides is 1. The van der Waals surface area contributed by atoms with Crippen LogP contribution in [0.15, 0.2) is 83.9 Å². The van der Waals surface area contributed by atoms with Crippen molar-refractivity contribution in [2.45, 2.75) is 30.2 Å². The molecule has 1 saturated heterocycles. The van der Waals surface area contributed by atoms with Crippen molar-refractivity contribution in [1.29, 1.82) is 0 Å². The summed E-state index contributed by atoms with van der Waals surface area (Å²) < 4.78 is 27.5. The first-order valence-corrected chi connectivity index (χ1v) is 11.9. The van der Waals surface area contributed by atoms with Crippen molar-refractivity contribution in [3.8, 4) is 0 Å². The Kier molecular flexibility index (Phi) is 6.44. The molecule has 7 heteroatoms. The third-order valence-corrected chi connectivity index (χ3v) is 7.34. The van der Waals surface area contributed by atoms with Crippen molar-refractivity contribution in [1.82, 2.24) is 14.6 Å². The summed E-state index contributed by atoms with van der Waals surface area (Å²) in [5.41, 5.74) is 1.90. The maximum absolute atomic E-state index is 13.1. The van der Waals surface area contributed by atoms with E-state index in [0.29, 0.717) is 24.3 Å². The van der Waals surface area contributed by atoms with Gasteiger partial charge in [-0.15, -0.1) is 0 Å². The zero-order valence-electron chi connectivity index (χ0n) is 17.1. The van der Waals surface area contributed by atoms with Crippen molar-refractivity contribution < 1.29 is 13.2 Å². The summed E-state index contributed by atoms with van der Waals surface area (Å²) in [6, 6.07) is 20.9.